The van der Waals surface area contributed by atoms with Crippen LogP contribution in [0.2, 0.25) is 0 Å². The zero-order valence-corrected chi connectivity index (χ0v) is 39.9. The number of hydrogen-bond acceptors (Lipinski definition) is 9. The fourth-order valence-corrected chi connectivity index (χ4v) is 5.90. The van der Waals surface area contributed by atoms with Gasteiger partial charge in [-0.1, -0.05) is 65.3 Å². The molecule has 0 bridgehead atoms. The summed E-state index contributed by atoms with van der Waals surface area (Å²) in [7, 11) is 0. The summed E-state index contributed by atoms with van der Waals surface area (Å²) < 4.78 is 137. The van der Waals surface area contributed by atoms with E-state index in [9.17, 15) is 49.8 Å². The lowest BCUT2D eigenvalue weighted by molar-refractivity contribution is -0.160. The monoisotopic (exact) mass is 1060 g/mol. The molecule has 0 fully saturated rings. The molecule has 0 heterocycles. The first-order chi connectivity index (χ1) is 33.6. The Bertz CT molecular complexity index is 2570. The van der Waals surface area contributed by atoms with Gasteiger partial charge in [0, 0.05) is 17.5 Å². The topological polar surface area (TPSA) is 130 Å². The highest BCUT2D eigenvalue weighted by atomic mass is 79.9. The number of hydrogen-bond donors (Lipinski definition) is 2. The van der Waals surface area contributed by atoms with Crippen LogP contribution in [0.25, 0.3) is 0 Å². The number of rotatable bonds is 19. The molecule has 0 spiro atoms. The molecule has 3 atom stereocenters. The molecule has 6 rings (SSSR count). The highest BCUT2D eigenvalue weighted by Gasteiger charge is 2.32. The average molecular weight is 1070 g/mol. The van der Waals surface area contributed by atoms with Gasteiger partial charge in [-0.05, 0) is 129 Å². The molecule has 2 N–H and O–H groups in total. The largest absolute Gasteiger partial charge is 0.508 e. The standard InChI is InChI=1S/C30H25F5O4.C16H13F3O4.C6H11BrO2/c31-26-7-3-1-6-21(26)18-37-29(38-19-22-9-11-23(17-27(22)32)30(33,34)35)16-10-20-5-2-4-8-28(20)39-25-14-12-24(36)13-15-25;1-10(15(20)21)22-12-6-8-14(9-7-12)23-13-4-2-11(3-5-13)16(17,18)19;1-3-4-9-6(8)5(2)7/h1-9,11-15,17,29,36H,10,16,18-19H2;2-10H,1H3,(H,20,21);5H,3-4H2,1-2H3. The molecule has 0 aliphatic rings. The van der Waals surface area contributed by atoms with Crippen LogP contribution in [-0.4, -0.2) is 46.0 Å². The summed E-state index contributed by atoms with van der Waals surface area (Å²) in [6.07, 6.45) is -9.45. The van der Waals surface area contributed by atoms with Crippen molar-refractivity contribution in [2.45, 2.75) is 82.8 Å². The van der Waals surface area contributed by atoms with Crippen molar-refractivity contribution in [3.05, 3.63) is 179 Å². The first-order valence-electron chi connectivity index (χ1n) is 21.6. The third-order valence-corrected chi connectivity index (χ3v) is 9.92. The minimum Gasteiger partial charge on any atom is -0.508 e. The molecule has 0 aromatic heterocycles. The number of halogens is 9. The molecular weight excluding hydrogens is 1020 g/mol. The van der Waals surface area contributed by atoms with Gasteiger partial charge in [0.1, 0.15) is 51.0 Å². The Morgan fingerprint density at radius 1 is 0.620 bits per heavy atom. The second-order valence-corrected chi connectivity index (χ2v) is 16.5. The molecule has 0 saturated heterocycles. The molecule has 71 heavy (non-hydrogen) atoms. The van der Waals surface area contributed by atoms with Crippen molar-refractivity contribution in [1.82, 2.24) is 0 Å². The number of carboxylic acids is 1. The van der Waals surface area contributed by atoms with Crippen LogP contribution in [0.1, 0.15) is 61.4 Å². The summed E-state index contributed by atoms with van der Waals surface area (Å²) in [4.78, 5) is 21.1. The van der Waals surface area contributed by atoms with Crippen LogP contribution in [0.5, 0.6) is 34.5 Å². The van der Waals surface area contributed by atoms with Gasteiger partial charge in [0.15, 0.2) is 12.4 Å². The van der Waals surface area contributed by atoms with Gasteiger partial charge in [0.2, 0.25) is 0 Å². The lowest BCUT2D eigenvalue weighted by Gasteiger charge is -2.20. The molecule has 3 unspecified atom stereocenters. The first-order valence-corrected chi connectivity index (χ1v) is 22.6. The van der Waals surface area contributed by atoms with Crippen LogP contribution in [0.15, 0.2) is 140 Å². The van der Waals surface area contributed by atoms with E-state index in [1.54, 1.807) is 49.4 Å². The molecule has 19 heteroatoms. The van der Waals surface area contributed by atoms with Gasteiger partial charge in [-0.25, -0.2) is 13.6 Å². The van der Waals surface area contributed by atoms with E-state index in [1.807, 2.05) is 19.1 Å². The smallest absolute Gasteiger partial charge is 0.416 e. The van der Waals surface area contributed by atoms with E-state index in [-0.39, 0.29) is 47.5 Å². The Labute approximate surface area is 412 Å². The summed E-state index contributed by atoms with van der Waals surface area (Å²) in [5, 5.41) is 18.2. The van der Waals surface area contributed by atoms with Gasteiger partial charge < -0.3 is 38.6 Å². The number of benzene rings is 6. The van der Waals surface area contributed by atoms with E-state index in [2.05, 4.69) is 15.9 Å². The van der Waals surface area contributed by atoms with E-state index < -0.39 is 53.5 Å². The SMILES string of the molecule is CC(Oc1ccc(Oc2ccc(C(F)(F)F)cc2)cc1)C(=O)O.CCCOC(=O)C(C)Br.Oc1ccc(Oc2ccccc2CCC(OCc2ccccc2F)OCc2ccc(C(F)(F)F)cc2F)cc1. The van der Waals surface area contributed by atoms with E-state index in [0.29, 0.717) is 47.7 Å². The predicted molar refractivity (Wildman–Crippen MR) is 249 cm³/mol. The van der Waals surface area contributed by atoms with Crippen LogP contribution in [0.3, 0.4) is 0 Å². The number of aliphatic carboxylic acids is 1. The van der Waals surface area contributed by atoms with Crippen molar-refractivity contribution in [1.29, 1.82) is 0 Å². The lowest BCUT2D eigenvalue weighted by atomic mass is 10.1. The van der Waals surface area contributed by atoms with Gasteiger partial charge in [0.05, 0.1) is 30.9 Å². The van der Waals surface area contributed by atoms with Crippen LogP contribution in [0.4, 0.5) is 35.1 Å². The Morgan fingerprint density at radius 3 is 1.65 bits per heavy atom. The maximum absolute atomic E-state index is 14.4. The third-order valence-electron chi connectivity index (χ3n) is 9.55. The molecule has 380 valence electrons. The molecule has 0 aliphatic heterocycles. The van der Waals surface area contributed by atoms with Gasteiger partial charge in [-0.3, -0.25) is 4.79 Å². The normalized spacial score (nSPS) is 12.5. The number of carbonyl (C=O) groups is 2. The maximum atomic E-state index is 14.4. The molecular formula is C52H49BrF8O10. The number of phenols is 1. The van der Waals surface area contributed by atoms with Crippen LogP contribution in [0, 0.1) is 11.6 Å². The summed E-state index contributed by atoms with van der Waals surface area (Å²) in [6.45, 7) is 5.16. The number of carboxylic acid groups (broad SMARTS) is 1. The number of carbonyl (C=O) groups excluding carboxylic acids is 1. The van der Waals surface area contributed by atoms with Gasteiger partial charge in [0.25, 0.3) is 0 Å². The Balaban J connectivity index is 0.000000287. The van der Waals surface area contributed by atoms with Crippen molar-refractivity contribution >= 4 is 27.9 Å². The zero-order valence-electron chi connectivity index (χ0n) is 38.3. The highest BCUT2D eigenvalue weighted by Crippen LogP contribution is 2.33. The maximum Gasteiger partial charge on any atom is 0.416 e. The first kappa shape index (κ1) is 56.9. The van der Waals surface area contributed by atoms with Crippen molar-refractivity contribution in [2.75, 3.05) is 6.61 Å². The molecule has 10 nitrogen and oxygen atoms in total. The fraction of sp³-hybridized carbons (Fsp3) is 0.269. The van der Waals surface area contributed by atoms with Crippen molar-refractivity contribution in [2.24, 2.45) is 0 Å². The Hall–Kier alpha value is -6.70. The number of alkyl halides is 7. The second-order valence-electron chi connectivity index (χ2n) is 15.2. The van der Waals surface area contributed by atoms with Crippen LogP contribution >= 0.6 is 15.9 Å². The van der Waals surface area contributed by atoms with E-state index >= 15 is 0 Å². The number of phenolic OH excluding ortho intramolecular Hbond substituents is 1. The Kier molecular flexibility index (Phi) is 22.1. The molecule has 6 aromatic rings. The second kappa shape index (κ2) is 27.6. The number of esters is 1. The summed E-state index contributed by atoms with van der Waals surface area (Å²) in [5.41, 5.74) is -0.826. The number of para-hydroxylation sites is 1. The molecule has 0 aliphatic carbocycles. The van der Waals surface area contributed by atoms with Crippen LogP contribution in [-0.2, 0) is 55.8 Å². The average Bonchev–Trinajstić information content (AvgIpc) is 3.33. The minimum absolute atomic E-state index is 0.0708. The van der Waals surface area contributed by atoms with Crippen molar-refractivity contribution in [3.63, 3.8) is 0 Å². The van der Waals surface area contributed by atoms with Gasteiger partial charge in [-0.15, -0.1) is 0 Å². The zero-order chi connectivity index (χ0) is 52.1. The molecule has 0 radical (unpaired) electrons. The van der Waals surface area contributed by atoms with Crippen LogP contribution < -0.4 is 14.2 Å². The van der Waals surface area contributed by atoms with E-state index in [0.717, 1.165) is 36.2 Å². The summed E-state index contributed by atoms with van der Waals surface area (Å²) in [6, 6.07) is 32.2. The number of ether oxygens (including phenoxy) is 6. The van der Waals surface area contributed by atoms with Crippen molar-refractivity contribution in [3.8, 4) is 34.5 Å². The molecule has 0 saturated carbocycles. The summed E-state index contributed by atoms with van der Waals surface area (Å²) >= 11 is 3.10. The number of aryl methyl sites for hydroxylation is 1. The minimum atomic E-state index is -4.67. The van der Waals surface area contributed by atoms with Gasteiger partial charge >= 0.3 is 24.3 Å². The third kappa shape index (κ3) is 19.9. The van der Waals surface area contributed by atoms with E-state index in [1.165, 1.54) is 61.5 Å². The number of aromatic hydroxyl groups is 1. The fourth-order valence-electron chi connectivity index (χ4n) is 5.77. The van der Waals surface area contributed by atoms with Gasteiger partial charge in [-0.2, -0.15) is 26.3 Å². The molecule has 0 amide bonds. The molecule has 6 aromatic carbocycles. The summed E-state index contributed by atoms with van der Waals surface area (Å²) in [5.74, 6) is -0.612. The quantitative estimate of drug-likeness (QED) is 0.0350. The van der Waals surface area contributed by atoms with E-state index in [4.69, 9.17) is 33.5 Å². The Morgan fingerprint density at radius 2 is 1.11 bits per heavy atom. The predicted octanol–water partition coefficient (Wildman–Crippen LogP) is 14.2. The van der Waals surface area contributed by atoms with Crippen molar-refractivity contribution < 1.29 is 83.3 Å². The highest BCUT2D eigenvalue weighted by molar-refractivity contribution is 9.10. The lowest BCUT2D eigenvalue weighted by Crippen LogP contribution is -2.22.